The van der Waals surface area contributed by atoms with Crippen molar-refractivity contribution in [1.82, 2.24) is 4.98 Å². The number of carboxylic acid groups (broad SMARTS) is 1. The fraction of sp³-hybridized carbons (Fsp3) is 0. The first-order valence-electron chi connectivity index (χ1n) is 5.19. The standard InChI is InChI=1S/C12H9ClFN3O2/c13-8-2-1-6(5-9(8)14)17-11-10(15)7(12(18)19)3-4-16-11/h1-5H,15H2,(H,16,17)(H,18,19). The molecule has 0 aliphatic carbocycles. The molecule has 0 atom stereocenters. The predicted octanol–water partition coefficient (Wildman–Crippen LogP) is 2.90. The quantitative estimate of drug-likeness (QED) is 0.805. The van der Waals surface area contributed by atoms with Crippen LogP contribution in [0.5, 0.6) is 0 Å². The zero-order chi connectivity index (χ0) is 14.0. The first kappa shape index (κ1) is 13.1. The van der Waals surface area contributed by atoms with E-state index in [1.807, 2.05) is 0 Å². The van der Waals surface area contributed by atoms with Gasteiger partial charge < -0.3 is 16.2 Å². The van der Waals surface area contributed by atoms with Crippen molar-refractivity contribution in [3.63, 3.8) is 0 Å². The normalized spacial score (nSPS) is 10.2. The Labute approximate surface area is 112 Å². The predicted molar refractivity (Wildman–Crippen MR) is 70.3 cm³/mol. The Bertz CT molecular complexity index is 649. The Balaban J connectivity index is 2.35. The minimum Gasteiger partial charge on any atom is -0.478 e. The van der Waals surface area contributed by atoms with Crippen LogP contribution < -0.4 is 11.1 Å². The second kappa shape index (κ2) is 5.11. The number of anilines is 3. The molecule has 19 heavy (non-hydrogen) atoms. The van der Waals surface area contributed by atoms with Crippen LogP contribution in [0.2, 0.25) is 5.02 Å². The first-order chi connectivity index (χ1) is 8.99. The van der Waals surface area contributed by atoms with Crippen molar-refractivity contribution in [1.29, 1.82) is 0 Å². The first-order valence-corrected chi connectivity index (χ1v) is 5.56. The van der Waals surface area contributed by atoms with Crippen LogP contribution in [0.3, 0.4) is 0 Å². The van der Waals surface area contributed by atoms with E-state index < -0.39 is 11.8 Å². The minimum atomic E-state index is -1.16. The summed E-state index contributed by atoms with van der Waals surface area (Å²) in [4.78, 5) is 14.8. The molecule has 0 aliphatic rings. The monoisotopic (exact) mass is 281 g/mol. The van der Waals surface area contributed by atoms with Gasteiger partial charge in [-0.1, -0.05) is 11.6 Å². The maximum atomic E-state index is 13.3. The maximum absolute atomic E-state index is 13.3. The number of aromatic carboxylic acids is 1. The van der Waals surface area contributed by atoms with E-state index in [1.54, 1.807) is 0 Å². The lowest BCUT2D eigenvalue weighted by Crippen LogP contribution is -2.07. The molecule has 0 saturated heterocycles. The number of rotatable bonds is 3. The number of hydrogen-bond acceptors (Lipinski definition) is 4. The van der Waals surface area contributed by atoms with E-state index in [0.29, 0.717) is 5.69 Å². The number of nitrogen functional groups attached to an aromatic ring is 1. The van der Waals surface area contributed by atoms with Crippen LogP contribution in [-0.2, 0) is 0 Å². The molecule has 0 bridgehead atoms. The fourth-order valence-electron chi connectivity index (χ4n) is 1.47. The third-order valence-corrected chi connectivity index (χ3v) is 2.71. The lowest BCUT2D eigenvalue weighted by Gasteiger charge is -2.10. The van der Waals surface area contributed by atoms with E-state index in [2.05, 4.69) is 10.3 Å². The summed E-state index contributed by atoms with van der Waals surface area (Å²) in [5.74, 6) is -1.62. The van der Waals surface area contributed by atoms with Crippen molar-refractivity contribution in [2.24, 2.45) is 0 Å². The van der Waals surface area contributed by atoms with E-state index in [0.717, 1.165) is 6.07 Å². The lowest BCUT2D eigenvalue weighted by atomic mass is 10.2. The smallest absolute Gasteiger partial charge is 0.337 e. The number of halogens is 2. The van der Waals surface area contributed by atoms with E-state index in [-0.39, 0.29) is 22.1 Å². The van der Waals surface area contributed by atoms with Gasteiger partial charge in [-0.05, 0) is 24.3 Å². The Kier molecular flexibility index (Phi) is 3.52. The van der Waals surface area contributed by atoms with Crippen molar-refractivity contribution in [3.8, 4) is 0 Å². The summed E-state index contributed by atoms with van der Waals surface area (Å²) < 4.78 is 13.3. The molecule has 2 aromatic rings. The van der Waals surface area contributed by atoms with E-state index >= 15 is 0 Å². The molecule has 0 spiro atoms. The van der Waals surface area contributed by atoms with Crippen molar-refractivity contribution in [2.75, 3.05) is 11.1 Å². The number of pyridine rings is 1. The number of carbonyl (C=O) groups is 1. The fourth-order valence-corrected chi connectivity index (χ4v) is 1.59. The van der Waals surface area contributed by atoms with Gasteiger partial charge in [0.15, 0.2) is 5.82 Å². The summed E-state index contributed by atoms with van der Waals surface area (Å²) in [7, 11) is 0. The van der Waals surface area contributed by atoms with Crippen LogP contribution in [0.1, 0.15) is 10.4 Å². The van der Waals surface area contributed by atoms with Crippen LogP contribution in [-0.4, -0.2) is 16.1 Å². The number of benzene rings is 1. The van der Waals surface area contributed by atoms with Crippen molar-refractivity contribution < 1.29 is 14.3 Å². The molecule has 1 aromatic heterocycles. The van der Waals surface area contributed by atoms with Gasteiger partial charge in [0.05, 0.1) is 16.3 Å². The van der Waals surface area contributed by atoms with Crippen LogP contribution in [0.25, 0.3) is 0 Å². The van der Waals surface area contributed by atoms with Gasteiger partial charge in [0, 0.05) is 11.9 Å². The second-order valence-electron chi connectivity index (χ2n) is 3.68. The number of hydrogen-bond donors (Lipinski definition) is 3. The Morgan fingerprint density at radius 2 is 2.16 bits per heavy atom. The average Bonchev–Trinajstić information content (AvgIpc) is 2.36. The third-order valence-electron chi connectivity index (χ3n) is 2.40. The second-order valence-corrected chi connectivity index (χ2v) is 4.09. The molecular weight excluding hydrogens is 273 g/mol. The summed E-state index contributed by atoms with van der Waals surface area (Å²) in [6.45, 7) is 0. The highest BCUT2D eigenvalue weighted by Gasteiger charge is 2.12. The number of nitrogens with two attached hydrogens (primary N) is 1. The van der Waals surface area contributed by atoms with Crippen LogP contribution in [0.4, 0.5) is 21.6 Å². The number of nitrogens with zero attached hydrogens (tertiary/aromatic N) is 1. The molecule has 0 radical (unpaired) electrons. The van der Waals surface area contributed by atoms with Gasteiger partial charge in [0.2, 0.25) is 0 Å². The van der Waals surface area contributed by atoms with Gasteiger partial charge in [0.1, 0.15) is 5.82 Å². The van der Waals surface area contributed by atoms with Gasteiger partial charge in [-0.15, -0.1) is 0 Å². The zero-order valence-electron chi connectivity index (χ0n) is 9.52. The SMILES string of the molecule is Nc1c(C(=O)O)ccnc1Nc1ccc(Cl)c(F)c1. The van der Waals surface area contributed by atoms with E-state index in [9.17, 15) is 9.18 Å². The van der Waals surface area contributed by atoms with Gasteiger partial charge in [-0.3, -0.25) is 0 Å². The van der Waals surface area contributed by atoms with Crippen molar-refractivity contribution in [2.45, 2.75) is 0 Å². The highest BCUT2D eigenvalue weighted by atomic mass is 35.5. The van der Waals surface area contributed by atoms with Gasteiger partial charge in [0.25, 0.3) is 0 Å². The molecule has 4 N–H and O–H groups in total. The Morgan fingerprint density at radius 3 is 2.79 bits per heavy atom. The molecule has 1 heterocycles. The lowest BCUT2D eigenvalue weighted by molar-refractivity contribution is 0.0698. The van der Waals surface area contributed by atoms with Crippen molar-refractivity contribution >= 4 is 34.8 Å². The Morgan fingerprint density at radius 1 is 1.42 bits per heavy atom. The summed E-state index contributed by atoms with van der Waals surface area (Å²) in [5, 5.41) is 11.7. The van der Waals surface area contributed by atoms with Gasteiger partial charge >= 0.3 is 5.97 Å². The number of nitrogens with one attached hydrogen (secondary N) is 1. The van der Waals surface area contributed by atoms with Crippen LogP contribution in [0, 0.1) is 5.82 Å². The summed E-state index contributed by atoms with van der Waals surface area (Å²) in [5.41, 5.74) is 5.94. The molecule has 5 nitrogen and oxygen atoms in total. The largest absolute Gasteiger partial charge is 0.478 e. The molecule has 0 fully saturated rings. The molecule has 1 aromatic carbocycles. The zero-order valence-corrected chi connectivity index (χ0v) is 10.3. The van der Waals surface area contributed by atoms with Crippen LogP contribution >= 0.6 is 11.6 Å². The molecule has 0 amide bonds. The molecule has 0 unspecified atom stereocenters. The molecule has 2 rings (SSSR count). The third kappa shape index (κ3) is 2.74. The molecular formula is C12H9ClFN3O2. The highest BCUT2D eigenvalue weighted by Crippen LogP contribution is 2.26. The molecule has 7 heteroatoms. The van der Waals surface area contributed by atoms with Gasteiger partial charge in [-0.2, -0.15) is 0 Å². The minimum absolute atomic E-state index is 0.00855. The molecule has 0 aliphatic heterocycles. The Hall–Kier alpha value is -2.34. The summed E-state index contributed by atoms with van der Waals surface area (Å²) >= 11 is 5.56. The topological polar surface area (TPSA) is 88.2 Å². The molecule has 98 valence electrons. The van der Waals surface area contributed by atoms with E-state index in [4.69, 9.17) is 22.4 Å². The number of carboxylic acids is 1. The average molecular weight is 282 g/mol. The number of aromatic nitrogens is 1. The molecule has 0 saturated carbocycles. The summed E-state index contributed by atoms with van der Waals surface area (Å²) in [6.07, 6.45) is 1.30. The van der Waals surface area contributed by atoms with Crippen LogP contribution in [0.15, 0.2) is 30.5 Å². The van der Waals surface area contributed by atoms with E-state index in [1.165, 1.54) is 24.4 Å². The van der Waals surface area contributed by atoms with Gasteiger partial charge in [-0.25, -0.2) is 14.2 Å². The van der Waals surface area contributed by atoms with Crippen molar-refractivity contribution in [3.05, 3.63) is 46.9 Å². The highest BCUT2D eigenvalue weighted by molar-refractivity contribution is 6.30. The maximum Gasteiger partial charge on any atom is 0.337 e. The summed E-state index contributed by atoms with van der Waals surface area (Å²) in [6, 6.07) is 5.35.